The van der Waals surface area contributed by atoms with E-state index in [0.29, 0.717) is 11.3 Å². The molecular weight excluding hydrogens is 380 g/mol. The Hall–Kier alpha value is -3.05. The number of benzene rings is 3. The van der Waals surface area contributed by atoms with Gasteiger partial charge in [-0.1, -0.05) is 53.7 Å². The maximum absolute atomic E-state index is 13.0. The van der Waals surface area contributed by atoms with Crippen LogP contribution in [0.3, 0.4) is 0 Å². The highest BCUT2D eigenvalue weighted by atomic mass is 32.2. The molecular formula is C24H22N2O2S. The number of thioether (sulfide) groups is 1. The zero-order valence-corrected chi connectivity index (χ0v) is 17.2. The number of hydrogen-bond acceptors (Lipinski definition) is 4. The van der Waals surface area contributed by atoms with E-state index in [4.69, 9.17) is 4.52 Å². The molecule has 0 aliphatic heterocycles. The van der Waals surface area contributed by atoms with Gasteiger partial charge in [-0.15, -0.1) is 11.8 Å². The largest absolute Gasteiger partial charge is 0.360 e. The van der Waals surface area contributed by atoms with Crippen molar-refractivity contribution in [2.75, 3.05) is 0 Å². The second-order valence-corrected chi connectivity index (χ2v) is 8.04. The molecule has 1 atom stereocenters. The molecule has 0 fully saturated rings. The van der Waals surface area contributed by atoms with Crippen molar-refractivity contribution in [3.8, 4) is 0 Å². The quantitative estimate of drug-likeness (QED) is 0.407. The summed E-state index contributed by atoms with van der Waals surface area (Å²) in [4.78, 5) is 13.9. The molecule has 4 rings (SSSR count). The van der Waals surface area contributed by atoms with Crippen LogP contribution in [0.2, 0.25) is 0 Å². The Kier molecular flexibility index (Phi) is 5.67. The molecule has 1 heterocycles. The van der Waals surface area contributed by atoms with Crippen LogP contribution < -0.4 is 5.32 Å². The van der Waals surface area contributed by atoms with Crippen LogP contribution in [-0.2, 0) is 5.75 Å². The summed E-state index contributed by atoms with van der Waals surface area (Å²) in [6, 6.07) is 24.0. The monoisotopic (exact) mass is 402 g/mol. The first-order chi connectivity index (χ1) is 14.1. The first-order valence-corrected chi connectivity index (χ1v) is 10.5. The van der Waals surface area contributed by atoms with Crippen LogP contribution in [-0.4, -0.2) is 11.1 Å². The Morgan fingerprint density at radius 3 is 2.59 bits per heavy atom. The molecule has 0 aliphatic rings. The number of fused-ring (bicyclic) bond motifs is 1. The number of nitrogens with zero attached hydrogens (tertiary/aromatic N) is 1. The third-order valence-corrected chi connectivity index (χ3v) is 5.90. The first kappa shape index (κ1) is 19.3. The molecule has 0 spiro atoms. The second kappa shape index (κ2) is 8.53. The lowest BCUT2D eigenvalue weighted by Crippen LogP contribution is -2.27. The summed E-state index contributed by atoms with van der Waals surface area (Å²) in [7, 11) is 0. The summed E-state index contributed by atoms with van der Waals surface area (Å²) in [5.41, 5.74) is 2.61. The number of nitrogens with one attached hydrogen (secondary N) is 1. The van der Waals surface area contributed by atoms with Crippen molar-refractivity contribution >= 4 is 28.4 Å². The molecule has 3 aromatic carbocycles. The average Bonchev–Trinajstić information content (AvgIpc) is 3.17. The Morgan fingerprint density at radius 2 is 1.79 bits per heavy atom. The van der Waals surface area contributed by atoms with Crippen LogP contribution in [0, 0.1) is 6.92 Å². The standard InChI is InChI=1S/C24H22N2O2S/c1-16-13-21(28-26-16)15-29-23-10-6-5-9-22(23)24(27)25-17(2)19-12-11-18-7-3-4-8-20(18)14-19/h3-14,17H,15H2,1-2H3,(H,25,27). The van der Waals surface area contributed by atoms with E-state index < -0.39 is 0 Å². The fourth-order valence-electron chi connectivity index (χ4n) is 3.25. The van der Waals surface area contributed by atoms with Crippen LogP contribution in [0.1, 0.15) is 40.3 Å². The summed E-state index contributed by atoms with van der Waals surface area (Å²) in [5, 5.41) is 9.41. The summed E-state index contributed by atoms with van der Waals surface area (Å²) >= 11 is 1.57. The minimum atomic E-state index is -0.0953. The van der Waals surface area contributed by atoms with Gasteiger partial charge in [-0.3, -0.25) is 4.79 Å². The van der Waals surface area contributed by atoms with Crippen molar-refractivity contribution in [2.45, 2.75) is 30.5 Å². The van der Waals surface area contributed by atoms with Crippen molar-refractivity contribution < 1.29 is 9.32 Å². The highest BCUT2D eigenvalue weighted by Crippen LogP contribution is 2.27. The van der Waals surface area contributed by atoms with E-state index in [-0.39, 0.29) is 11.9 Å². The van der Waals surface area contributed by atoms with Crippen molar-refractivity contribution in [1.82, 2.24) is 10.5 Å². The molecule has 0 saturated carbocycles. The first-order valence-electron chi connectivity index (χ1n) is 9.54. The van der Waals surface area contributed by atoms with Crippen LogP contribution >= 0.6 is 11.8 Å². The van der Waals surface area contributed by atoms with E-state index in [9.17, 15) is 4.79 Å². The predicted molar refractivity (Wildman–Crippen MR) is 117 cm³/mol. The number of aromatic nitrogens is 1. The van der Waals surface area contributed by atoms with Crippen LogP contribution in [0.4, 0.5) is 0 Å². The molecule has 0 bridgehead atoms. The van der Waals surface area contributed by atoms with Crippen LogP contribution in [0.5, 0.6) is 0 Å². The van der Waals surface area contributed by atoms with Gasteiger partial charge in [-0.05, 0) is 48.4 Å². The minimum Gasteiger partial charge on any atom is -0.360 e. The van der Waals surface area contributed by atoms with E-state index in [1.165, 1.54) is 10.8 Å². The fraction of sp³-hybridized carbons (Fsp3) is 0.167. The van der Waals surface area contributed by atoms with E-state index in [0.717, 1.165) is 21.9 Å². The van der Waals surface area contributed by atoms with Gasteiger partial charge in [0.25, 0.3) is 5.91 Å². The average molecular weight is 403 g/mol. The lowest BCUT2D eigenvalue weighted by molar-refractivity contribution is 0.0937. The van der Waals surface area contributed by atoms with E-state index >= 15 is 0 Å². The summed E-state index contributed by atoms with van der Waals surface area (Å²) in [6.45, 7) is 3.91. The topological polar surface area (TPSA) is 55.1 Å². The van der Waals surface area contributed by atoms with Gasteiger partial charge >= 0.3 is 0 Å². The second-order valence-electron chi connectivity index (χ2n) is 7.02. The summed E-state index contributed by atoms with van der Waals surface area (Å²) < 4.78 is 5.27. The Bertz CT molecular complexity index is 1150. The third kappa shape index (κ3) is 4.51. The predicted octanol–water partition coefficient (Wildman–Crippen LogP) is 5.92. The zero-order chi connectivity index (χ0) is 20.2. The molecule has 1 amide bonds. The molecule has 1 aromatic heterocycles. The molecule has 0 radical (unpaired) electrons. The highest BCUT2D eigenvalue weighted by Gasteiger charge is 2.16. The summed E-state index contributed by atoms with van der Waals surface area (Å²) in [6.07, 6.45) is 0. The smallest absolute Gasteiger partial charge is 0.252 e. The third-order valence-electron chi connectivity index (χ3n) is 4.80. The van der Waals surface area contributed by atoms with Crippen molar-refractivity contribution in [3.63, 3.8) is 0 Å². The Labute approximate surface area is 174 Å². The number of rotatable bonds is 6. The van der Waals surface area contributed by atoms with Gasteiger partial charge in [0.1, 0.15) is 5.76 Å². The SMILES string of the molecule is Cc1cc(CSc2ccccc2C(=O)NC(C)c2ccc3ccccc3c2)on1. The van der Waals surface area contributed by atoms with Gasteiger partial charge in [0.15, 0.2) is 0 Å². The minimum absolute atomic E-state index is 0.0810. The Balaban J connectivity index is 1.48. The van der Waals surface area contributed by atoms with Gasteiger partial charge in [0.2, 0.25) is 0 Å². The highest BCUT2D eigenvalue weighted by molar-refractivity contribution is 7.98. The fourth-order valence-corrected chi connectivity index (χ4v) is 4.17. The molecule has 5 heteroatoms. The normalized spacial score (nSPS) is 12.1. The zero-order valence-electron chi connectivity index (χ0n) is 16.4. The van der Waals surface area contributed by atoms with Crippen LogP contribution in [0.25, 0.3) is 10.8 Å². The molecule has 1 N–H and O–H groups in total. The number of hydrogen-bond donors (Lipinski definition) is 1. The van der Waals surface area contributed by atoms with E-state index in [1.807, 2.05) is 56.3 Å². The number of aryl methyl sites for hydroxylation is 1. The van der Waals surface area contributed by atoms with Gasteiger partial charge in [-0.25, -0.2) is 0 Å². The van der Waals surface area contributed by atoms with Gasteiger partial charge in [0, 0.05) is 11.0 Å². The number of carbonyl (C=O) groups is 1. The van der Waals surface area contributed by atoms with Crippen LogP contribution in [0.15, 0.2) is 82.2 Å². The van der Waals surface area contributed by atoms with Gasteiger partial charge in [-0.2, -0.15) is 0 Å². The molecule has 146 valence electrons. The molecule has 29 heavy (non-hydrogen) atoms. The molecule has 1 unspecified atom stereocenters. The van der Waals surface area contributed by atoms with E-state index in [1.54, 1.807) is 11.8 Å². The maximum Gasteiger partial charge on any atom is 0.252 e. The lowest BCUT2D eigenvalue weighted by Gasteiger charge is -2.16. The van der Waals surface area contributed by atoms with Gasteiger partial charge in [0.05, 0.1) is 23.1 Å². The number of carbonyl (C=O) groups excluding carboxylic acids is 1. The molecule has 0 aliphatic carbocycles. The Morgan fingerprint density at radius 1 is 1.03 bits per heavy atom. The molecule has 4 nitrogen and oxygen atoms in total. The lowest BCUT2D eigenvalue weighted by atomic mass is 10.0. The number of amides is 1. The molecule has 0 saturated heterocycles. The van der Waals surface area contributed by atoms with Crippen molar-refractivity contribution in [1.29, 1.82) is 0 Å². The molecule has 4 aromatic rings. The van der Waals surface area contributed by atoms with Crippen molar-refractivity contribution in [2.24, 2.45) is 0 Å². The van der Waals surface area contributed by atoms with E-state index in [2.05, 4.69) is 40.8 Å². The van der Waals surface area contributed by atoms with Gasteiger partial charge < -0.3 is 9.84 Å². The summed E-state index contributed by atoms with van der Waals surface area (Å²) in [5.74, 6) is 1.35. The van der Waals surface area contributed by atoms with Crippen molar-refractivity contribution in [3.05, 3.63) is 95.4 Å². The maximum atomic E-state index is 13.0.